The number of nitrogens with zero attached hydrogens (tertiary/aromatic N) is 6. The lowest BCUT2D eigenvalue weighted by molar-refractivity contribution is -0.128. The van der Waals surface area contributed by atoms with Crippen LogP contribution in [0.1, 0.15) is 29.5 Å². The minimum atomic E-state index is -0.767. The lowest BCUT2D eigenvalue weighted by Crippen LogP contribution is -2.32. The van der Waals surface area contributed by atoms with Gasteiger partial charge < -0.3 is 14.6 Å². The Kier molecular flexibility index (Phi) is 5.45. The smallest absolute Gasteiger partial charge is 0.233 e. The van der Waals surface area contributed by atoms with Gasteiger partial charge >= 0.3 is 0 Å². The van der Waals surface area contributed by atoms with E-state index in [1.165, 1.54) is 11.8 Å². The first-order valence-corrected chi connectivity index (χ1v) is 10.1. The van der Waals surface area contributed by atoms with E-state index in [1.54, 1.807) is 10.9 Å². The fourth-order valence-corrected chi connectivity index (χ4v) is 4.05. The van der Waals surface area contributed by atoms with E-state index in [2.05, 4.69) is 15.3 Å². The number of aromatic nitrogens is 5. The van der Waals surface area contributed by atoms with Crippen LogP contribution in [0.25, 0.3) is 0 Å². The Balaban J connectivity index is 1.45. The maximum atomic E-state index is 12.7. The molecule has 0 saturated carbocycles. The van der Waals surface area contributed by atoms with Crippen molar-refractivity contribution in [2.75, 3.05) is 12.3 Å². The lowest BCUT2D eigenvalue weighted by Gasteiger charge is -2.19. The largest absolute Gasteiger partial charge is 0.382 e. The molecule has 3 aromatic rings. The molecule has 1 aliphatic heterocycles. The fourth-order valence-electron chi connectivity index (χ4n) is 3.26. The molecule has 1 amide bonds. The van der Waals surface area contributed by atoms with Crippen molar-refractivity contribution in [1.82, 2.24) is 29.4 Å². The maximum absolute atomic E-state index is 12.7. The van der Waals surface area contributed by atoms with Crippen LogP contribution in [-0.4, -0.2) is 52.8 Å². The summed E-state index contributed by atoms with van der Waals surface area (Å²) in [5.41, 5.74) is 2.37. The second-order valence-electron chi connectivity index (χ2n) is 6.78. The van der Waals surface area contributed by atoms with Gasteiger partial charge in [-0.3, -0.25) is 9.48 Å². The number of amides is 1. The second kappa shape index (κ2) is 8.15. The molecule has 1 aliphatic rings. The van der Waals surface area contributed by atoms with Gasteiger partial charge in [-0.15, -0.1) is 10.2 Å². The summed E-state index contributed by atoms with van der Waals surface area (Å²) in [4.78, 5) is 14.5. The number of thioether (sulfide) groups is 1. The van der Waals surface area contributed by atoms with E-state index in [0.29, 0.717) is 24.5 Å². The summed E-state index contributed by atoms with van der Waals surface area (Å²) in [5, 5.41) is 23.8. The Morgan fingerprint density at radius 3 is 2.86 bits per heavy atom. The highest BCUT2D eigenvalue weighted by atomic mass is 32.2. The second-order valence-corrected chi connectivity index (χ2v) is 7.72. The number of fused-ring (bicyclic) bond motifs is 1. The average Bonchev–Trinajstić information content (AvgIpc) is 3.26. The summed E-state index contributed by atoms with van der Waals surface area (Å²) >= 11 is 1.39. The molecule has 0 bridgehead atoms. The molecule has 3 heterocycles. The number of aryl methyl sites for hydroxylation is 2. The van der Waals surface area contributed by atoms with Crippen LogP contribution in [0, 0.1) is 0 Å². The standard InChI is InChI=1S/C19H22N6O2S/c1-23-13-20-21-19(23)28-12-17(26)24-8-5-9-25-15(11-24)10-16(22-25)18(27)14-6-3-2-4-7-14/h2-4,6-7,10,13,18,27H,5,8-9,11-12H2,1H3/t18-/m1/s1. The predicted octanol–water partition coefficient (Wildman–Crippen LogP) is 1.62. The third kappa shape index (κ3) is 3.95. The highest BCUT2D eigenvalue weighted by molar-refractivity contribution is 7.99. The molecule has 1 N–H and O–H groups in total. The normalized spacial score (nSPS) is 15.1. The quantitative estimate of drug-likeness (QED) is 0.657. The van der Waals surface area contributed by atoms with Crippen molar-refractivity contribution in [1.29, 1.82) is 0 Å². The molecule has 0 aliphatic carbocycles. The molecule has 1 atom stereocenters. The number of carbonyl (C=O) groups is 1. The van der Waals surface area contributed by atoms with Gasteiger partial charge in [-0.25, -0.2) is 0 Å². The summed E-state index contributed by atoms with van der Waals surface area (Å²) in [6.45, 7) is 1.92. The SMILES string of the molecule is Cn1cnnc1SCC(=O)N1CCCn2nc([C@H](O)c3ccccc3)cc2C1. The Hall–Kier alpha value is -2.65. The minimum absolute atomic E-state index is 0.0628. The van der Waals surface area contributed by atoms with Crippen molar-refractivity contribution in [2.24, 2.45) is 7.05 Å². The van der Waals surface area contributed by atoms with Crippen LogP contribution in [0.4, 0.5) is 0 Å². The van der Waals surface area contributed by atoms with Gasteiger partial charge in [0.25, 0.3) is 0 Å². The van der Waals surface area contributed by atoms with E-state index in [1.807, 2.05) is 53.0 Å². The molecule has 8 nitrogen and oxygen atoms in total. The van der Waals surface area contributed by atoms with Crippen molar-refractivity contribution >= 4 is 17.7 Å². The first-order chi connectivity index (χ1) is 13.6. The summed E-state index contributed by atoms with van der Waals surface area (Å²) in [7, 11) is 1.86. The molecule has 146 valence electrons. The third-order valence-corrected chi connectivity index (χ3v) is 5.79. The predicted molar refractivity (Wildman–Crippen MR) is 104 cm³/mol. The van der Waals surface area contributed by atoms with Gasteiger partial charge in [0.15, 0.2) is 5.16 Å². The minimum Gasteiger partial charge on any atom is -0.382 e. The summed E-state index contributed by atoms with van der Waals surface area (Å²) in [5.74, 6) is 0.382. The van der Waals surface area contributed by atoms with Crippen LogP contribution in [-0.2, 0) is 24.9 Å². The molecule has 1 aromatic carbocycles. The van der Waals surface area contributed by atoms with Crippen molar-refractivity contribution in [3.05, 3.63) is 59.7 Å². The summed E-state index contributed by atoms with van der Waals surface area (Å²) < 4.78 is 3.71. The van der Waals surface area contributed by atoms with Crippen molar-refractivity contribution in [3.8, 4) is 0 Å². The van der Waals surface area contributed by atoms with Crippen molar-refractivity contribution in [2.45, 2.75) is 30.8 Å². The molecule has 4 rings (SSSR count). The van der Waals surface area contributed by atoms with E-state index in [9.17, 15) is 9.90 Å². The number of carbonyl (C=O) groups excluding carboxylic acids is 1. The number of hydrogen-bond donors (Lipinski definition) is 1. The Labute approximate surface area is 167 Å². The van der Waals surface area contributed by atoms with Crippen LogP contribution < -0.4 is 0 Å². The Morgan fingerprint density at radius 2 is 2.11 bits per heavy atom. The molecule has 0 fully saturated rings. The van der Waals surface area contributed by atoms with E-state index < -0.39 is 6.10 Å². The van der Waals surface area contributed by atoms with Gasteiger partial charge in [-0.05, 0) is 18.1 Å². The molecule has 0 saturated heterocycles. The average molecular weight is 398 g/mol. The van der Waals surface area contributed by atoms with E-state index in [4.69, 9.17) is 0 Å². The molecular formula is C19H22N6O2S. The molecule has 9 heteroatoms. The van der Waals surface area contributed by atoms with Gasteiger partial charge in [-0.2, -0.15) is 5.10 Å². The number of aliphatic hydroxyl groups is 1. The first kappa shape index (κ1) is 18.7. The zero-order valence-corrected chi connectivity index (χ0v) is 16.4. The van der Waals surface area contributed by atoms with E-state index in [-0.39, 0.29) is 5.91 Å². The molecular weight excluding hydrogens is 376 g/mol. The number of benzene rings is 1. The molecule has 0 radical (unpaired) electrons. The zero-order valence-electron chi connectivity index (χ0n) is 15.6. The van der Waals surface area contributed by atoms with Gasteiger partial charge in [0.1, 0.15) is 12.4 Å². The molecule has 0 unspecified atom stereocenters. The molecule has 28 heavy (non-hydrogen) atoms. The van der Waals surface area contributed by atoms with Crippen LogP contribution >= 0.6 is 11.8 Å². The van der Waals surface area contributed by atoms with Crippen LogP contribution in [0.5, 0.6) is 0 Å². The van der Waals surface area contributed by atoms with Crippen LogP contribution in [0.2, 0.25) is 0 Å². The van der Waals surface area contributed by atoms with Crippen molar-refractivity contribution in [3.63, 3.8) is 0 Å². The van der Waals surface area contributed by atoms with Gasteiger partial charge in [0, 0.05) is 20.1 Å². The highest BCUT2D eigenvalue weighted by Crippen LogP contribution is 2.24. The van der Waals surface area contributed by atoms with E-state index in [0.717, 1.165) is 29.4 Å². The monoisotopic (exact) mass is 398 g/mol. The lowest BCUT2D eigenvalue weighted by atomic mass is 10.1. The first-order valence-electron chi connectivity index (χ1n) is 9.16. The molecule has 0 spiro atoms. The third-order valence-electron chi connectivity index (χ3n) is 4.78. The van der Waals surface area contributed by atoms with Gasteiger partial charge in [0.2, 0.25) is 5.91 Å². The highest BCUT2D eigenvalue weighted by Gasteiger charge is 2.23. The summed E-state index contributed by atoms with van der Waals surface area (Å²) in [6, 6.07) is 11.4. The van der Waals surface area contributed by atoms with Crippen LogP contribution in [0.15, 0.2) is 47.9 Å². The van der Waals surface area contributed by atoms with Gasteiger partial charge in [-0.1, -0.05) is 42.1 Å². The van der Waals surface area contributed by atoms with Crippen molar-refractivity contribution < 1.29 is 9.90 Å². The number of aliphatic hydroxyl groups excluding tert-OH is 1. The fraction of sp³-hybridized carbons (Fsp3) is 0.368. The zero-order chi connectivity index (χ0) is 19.5. The molecule has 2 aromatic heterocycles. The van der Waals surface area contributed by atoms with E-state index >= 15 is 0 Å². The number of hydrogen-bond acceptors (Lipinski definition) is 6. The van der Waals surface area contributed by atoms with Crippen LogP contribution in [0.3, 0.4) is 0 Å². The Bertz CT molecular complexity index is 955. The summed E-state index contributed by atoms with van der Waals surface area (Å²) in [6.07, 6.45) is 1.68. The van der Waals surface area contributed by atoms with Gasteiger partial charge in [0.05, 0.1) is 23.7 Å². The number of rotatable bonds is 5. The maximum Gasteiger partial charge on any atom is 0.233 e. The Morgan fingerprint density at radius 1 is 1.29 bits per heavy atom. The topological polar surface area (TPSA) is 89.1 Å².